The first kappa shape index (κ1) is 19.6. The van der Waals surface area contributed by atoms with Gasteiger partial charge in [0.1, 0.15) is 0 Å². The summed E-state index contributed by atoms with van der Waals surface area (Å²) in [5.74, 6) is 1.30. The van der Waals surface area contributed by atoms with Crippen molar-refractivity contribution in [2.24, 2.45) is 10.7 Å². The summed E-state index contributed by atoms with van der Waals surface area (Å²) in [5, 5.41) is 5.76. The van der Waals surface area contributed by atoms with Gasteiger partial charge in [-0.15, -0.1) is 0 Å². The van der Waals surface area contributed by atoms with Gasteiger partial charge >= 0.3 is 0 Å². The Kier molecular flexibility index (Phi) is 7.28. The van der Waals surface area contributed by atoms with Crippen LogP contribution in [0.4, 0.5) is 5.69 Å². The molecule has 8 heteroatoms. The number of carbonyl (C=O) groups excluding carboxylic acids is 1. The number of hydrogen-bond acceptors (Lipinski definition) is 4. The zero-order valence-corrected chi connectivity index (χ0v) is 16.2. The van der Waals surface area contributed by atoms with Crippen molar-refractivity contribution in [2.75, 3.05) is 32.6 Å². The van der Waals surface area contributed by atoms with Crippen molar-refractivity contribution >= 4 is 33.5 Å². The number of rotatable bonds is 7. The van der Waals surface area contributed by atoms with Crippen LogP contribution in [-0.2, 0) is 0 Å². The molecule has 0 aromatic heterocycles. The Bertz CT molecular complexity index is 796. The standard InChI is InChI=1S/C18H21BrN4O3/c1-25-15-7-6-14(11-16(15)26-2)23-18(20)22-9-8-21-17(24)12-4-3-5-13(19)10-12/h3-7,10-11H,8-9H2,1-2H3,(H,21,24)(H3,20,22,23). The zero-order chi connectivity index (χ0) is 18.9. The summed E-state index contributed by atoms with van der Waals surface area (Å²) in [6, 6.07) is 12.5. The third-order valence-electron chi connectivity index (χ3n) is 3.42. The van der Waals surface area contributed by atoms with Crippen molar-refractivity contribution < 1.29 is 14.3 Å². The maximum absolute atomic E-state index is 12.0. The molecule has 0 radical (unpaired) electrons. The van der Waals surface area contributed by atoms with Crippen LogP contribution < -0.4 is 25.8 Å². The van der Waals surface area contributed by atoms with E-state index in [4.69, 9.17) is 15.2 Å². The van der Waals surface area contributed by atoms with Crippen LogP contribution >= 0.6 is 15.9 Å². The first-order chi connectivity index (χ1) is 12.5. The van der Waals surface area contributed by atoms with Gasteiger partial charge in [0.05, 0.1) is 20.8 Å². The number of amides is 1. The van der Waals surface area contributed by atoms with E-state index >= 15 is 0 Å². The molecule has 0 bridgehead atoms. The minimum atomic E-state index is -0.159. The SMILES string of the molecule is COc1ccc(NC(N)=NCCNC(=O)c2cccc(Br)c2)cc1OC. The highest BCUT2D eigenvalue weighted by molar-refractivity contribution is 9.10. The maximum atomic E-state index is 12.0. The molecular formula is C18H21BrN4O3. The average molecular weight is 421 g/mol. The highest BCUT2D eigenvalue weighted by Crippen LogP contribution is 2.29. The molecule has 0 aliphatic heterocycles. The number of guanidine groups is 1. The summed E-state index contributed by atoms with van der Waals surface area (Å²) >= 11 is 3.34. The predicted octanol–water partition coefficient (Wildman–Crippen LogP) is 2.62. The molecule has 0 heterocycles. The molecule has 2 rings (SSSR count). The number of nitrogens with zero attached hydrogens (tertiary/aromatic N) is 1. The van der Waals surface area contributed by atoms with E-state index in [1.807, 2.05) is 12.1 Å². The van der Waals surface area contributed by atoms with E-state index in [0.717, 1.165) is 10.2 Å². The fourth-order valence-electron chi connectivity index (χ4n) is 2.18. The summed E-state index contributed by atoms with van der Waals surface area (Å²) in [6.07, 6.45) is 0. The van der Waals surface area contributed by atoms with Crippen LogP contribution in [0.1, 0.15) is 10.4 Å². The molecule has 0 aliphatic carbocycles. The maximum Gasteiger partial charge on any atom is 0.251 e. The van der Waals surface area contributed by atoms with Crippen molar-refractivity contribution in [1.82, 2.24) is 5.32 Å². The quantitative estimate of drug-likeness (QED) is 0.363. The Morgan fingerprint density at radius 2 is 1.92 bits per heavy atom. The number of nitrogens with two attached hydrogens (primary N) is 1. The van der Waals surface area contributed by atoms with Gasteiger partial charge in [-0.25, -0.2) is 0 Å². The molecular weight excluding hydrogens is 400 g/mol. The molecule has 26 heavy (non-hydrogen) atoms. The van der Waals surface area contributed by atoms with Crippen LogP contribution in [0.2, 0.25) is 0 Å². The molecule has 0 atom stereocenters. The molecule has 138 valence electrons. The second-order valence-corrected chi connectivity index (χ2v) is 6.14. The van der Waals surface area contributed by atoms with Gasteiger partial charge in [-0.3, -0.25) is 9.79 Å². The van der Waals surface area contributed by atoms with E-state index in [0.29, 0.717) is 30.2 Å². The van der Waals surface area contributed by atoms with Crippen LogP contribution in [0.5, 0.6) is 11.5 Å². The molecule has 0 spiro atoms. The Labute approximate surface area is 160 Å². The Balaban J connectivity index is 1.84. The van der Waals surface area contributed by atoms with Gasteiger partial charge in [0.2, 0.25) is 0 Å². The number of halogens is 1. The lowest BCUT2D eigenvalue weighted by Crippen LogP contribution is -2.28. The fourth-order valence-corrected chi connectivity index (χ4v) is 2.58. The topological polar surface area (TPSA) is 98.0 Å². The van der Waals surface area contributed by atoms with Crippen LogP contribution in [0.25, 0.3) is 0 Å². The molecule has 2 aromatic rings. The van der Waals surface area contributed by atoms with Gasteiger partial charge in [0, 0.05) is 28.3 Å². The number of anilines is 1. The number of methoxy groups -OCH3 is 2. The number of hydrogen-bond donors (Lipinski definition) is 3. The zero-order valence-electron chi connectivity index (χ0n) is 14.6. The number of carbonyl (C=O) groups is 1. The molecule has 1 amide bonds. The second-order valence-electron chi connectivity index (χ2n) is 5.23. The second kappa shape index (κ2) is 9.67. The van der Waals surface area contributed by atoms with Gasteiger partial charge in [-0.05, 0) is 30.3 Å². The summed E-state index contributed by atoms with van der Waals surface area (Å²) in [7, 11) is 3.14. The smallest absolute Gasteiger partial charge is 0.251 e. The van der Waals surface area contributed by atoms with Crippen LogP contribution in [0.3, 0.4) is 0 Å². The number of aliphatic imine (C=N–C) groups is 1. The van der Waals surface area contributed by atoms with E-state index in [-0.39, 0.29) is 11.9 Å². The van der Waals surface area contributed by atoms with Crippen molar-refractivity contribution in [3.63, 3.8) is 0 Å². The Morgan fingerprint density at radius 3 is 2.62 bits per heavy atom. The predicted molar refractivity (Wildman–Crippen MR) is 106 cm³/mol. The lowest BCUT2D eigenvalue weighted by atomic mass is 10.2. The third kappa shape index (κ3) is 5.66. The van der Waals surface area contributed by atoms with Crippen molar-refractivity contribution in [1.29, 1.82) is 0 Å². The van der Waals surface area contributed by atoms with Crippen LogP contribution in [-0.4, -0.2) is 39.2 Å². The van der Waals surface area contributed by atoms with E-state index in [1.54, 1.807) is 44.6 Å². The van der Waals surface area contributed by atoms with Gasteiger partial charge < -0.3 is 25.8 Å². The molecule has 0 saturated heterocycles. The average Bonchev–Trinajstić information content (AvgIpc) is 2.64. The normalized spacial score (nSPS) is 11.0. The first-order valence-corrected chi connectivity index (χ1v) is 8.65. The van der Waals surface area contributed by atoms with Gasteiger partial charge in [-0.1, -0.05) is 22.0 Å². The van der Waals surface area contributed by atoms with Crippen LogP contribution in [0.15, 0.2) is 51.9 Å². The number of benzene rings is 2. The summed E-state index contributed by atoms with van der Waals surface area (Å²) in [6.45, 7) is 0.728. The highest BCUT2D eigenvalue weighted by Gasteiger charge is 2.06. The van der Waals surface area contributed by atoms with E-state index in [9.17, 15) is 4.79 Å². The Morgan fingerprint density at radius 1 is 1.15 bits per heavy atom. The minimum Gasteiger partial charge on any atom is -0.493 e. The fraction of sp³-hybridized carbons (Fsp3) is 0.222. The molecule has 4 N–H and O–H groups in total. The largest absolute Gasteiger partial charge is 0.493 e. The third-order valence-corrected chi connectivity index (χ3v) is 3.92. The summed E-state index contributed by atoms with van der Waals surface area (Å²) in [4.78, 5) is 16.2. The minimum absolute atomic E-state index is 0.159. The van der Waals surface area contributed by atoms with Gasteiger partial charge in [0.15, 0.2) is 17.5 Å². The summed E-state index contributed by atoms with van der Waals surface area (Å²) < 4.78 is 11.3. The lowest BCUT2D eigenvalue weighted by Gasteiger charge is -2.11. The van der Waals surface area contributed by atoms with E-state index in [2.05, 4.69) is 31.6 Å². The van der Waals surface area contributed by atoms with Gasteiger partial charge in [-0.2, -0.15) is 0 Å². The van der Waals surface area contributed by atoms with Crippen molar-refractivity contribution in [3.8, 4) is 11.5 Å². The van der Waals surface area contributed by atoms with E-state index in [1.165, 1.54) is 0 Å². The van der Waals surface area contributed by atoms with Gasteiger partial charge in [0.25, 0.3) is 5.91 Å². The molecule has 0 aliphatic rings. The van der Waals surface area contributed by atoms with E-state index < -0.39 is 0 Å². The lowest BCUT2D eigenvalue weighted by molar-refractivity contribution is 0.0954. The molecule has 0 saturated carbocycles. The van der Waals surface area contributed by atoms with Crippen LogP contribution in [0, 0.1) is 0 Å². The Hall–Kier alpha value is -2.74. The molecule has 0 fully saturated rings. The van der Waals surface area contributed by atoms with Crippen molar-refractivity contribution in [2.45, 2.75) is 0 Å². The molecule has 2 aromatic carbocycles. The number of ether oxygens (including phenoxy) is 2. The van der Waals surface area contributed by atoms with Crippen molar-refractivity contribution in [3.05, 3.63) is 52.5 Å². The monoisotopic (exact) mass is 420 g/mol. The highest BCUT2D eigenvalue weighted by atomic mass is 79.9. The summed E-state index contributed by atoms with van der Waals surface area (Å²) in [5.41, 5.74) is 7.17. The molecule has 7 nitrogen and oxygen atoms in total. The number of nitrogens with one attached hydrogen (secondary N) is 2. The molecule has 0 unspecified atom stereocenters. The first-order valence-electron chi connectivity index (χ1n) is 7.86.